The van der Waals surface area contributed by atoms with Crippen molar-refractivity contribution >= 4 is 0 Å². The van der Waals surface area contributed by atoms with Crippen LogP contribution in [0.5, 0.6) is 0 Å². The van der Waals surface area contributed by atoms with Crippen molar-refractivity contribution in [2.24, 2.45) is 5.92 Å². The van der Waals surface area contributed by atoms with Gasteiger partial charge in [0, 0.05) is 0 Å². The molecule has 0 aliphatic rings. The first kappa shape index (κ1) is 23.0. The van der Waals surface area contributed by atoms with Crippen LogP contribution in [0, 0.1) is 12.8 Å². The van der Waals surface area contributed by atoms with E-state index in [1.54, 1.807) is 0 Å². The van der Waals surface area contributed by atoms with E-state index in [-0.39, 0.29) is 0 Å². The summed E-state index contributed by atoms with van der Waals surface area (Å²) in [5.74, 6) is 1.00. The van der Waals surface area contributed by atoms with Crippen LogP contribution >= 0.6 is 0 Å². The lowest BCUT2D eigenvalue weighted by molar-refractivity contribution is 0.375. The number of hydrogen-bond donors (Lipinski definition) is 0. The fraction of sp³-hybridized carbons (Fsp3) is 0.957. The monoisotopic (exact) mass is 323 g/mol. The Hall–Kier alpha value is 0. The van der Waals surface area contributed by atoms with Crippen molar-refractivity contribution in [3.05, 3.63) is 6.92 Å². The Labute approximate surface area is 149 Å². The second-order valence-corrected chi connectivity index (χ2v) is 7.68. The summed E-state index contributed by atoms with van der Waals surface area (Å²) in [7, 11) is 0. The fourth-order valence-corrected chi connectivity index (χ4v) is 3.65. The second kappa shape index (κ2) is 20.0. The highest BCUT2D eigenvalue weighted by Crippen LogP contribution is 2.23. The van der Waals surface area contributed by atoms with Gasteiger partial charge in [-0.25, -0.2) is 0 Å². The molecule has 0 heteroatoms. The molecule has 0 saturated carbocycles. The standard InChI is InChI=1S/C23H47/c1-4-7-10-11-12-13-14-15-16-17-19-22-23(20-9-6-3)21-18-8-5-2/h23H,3-22H2,1-2H3. The first-order valence-corrected chi connectivity index (χ1v) is 11.1. The molecule has 1 radical (unpaired) electrons. The smallest absolute Gasteiger partial charge is 0.0414 e. The summed E-state index contributed by atoms with van der Waals surface area (Å²) in [4.78, 5) is 0. The van der Waals surface area contributed by atoms with E-state index in [2.05, 4.69) is 20.8 Å². The molecule has 0 nitrogen and oxygen atoms in total. The van der Waals surface area contributed by atoms with Crippen molar-refractivity contribution in [1.82, 2.24) is 0 Å². The molecule has 0 aromatic heterocycles. The average Bonchev–Trinajstić information content (AvgIpc) is 2.57. The molecular weight excluding hydrogens is 276 g/mol. The molecule has 1 atom stereocenters. The zero-order chi connectivity index (χ0) is 17.0. The van der Waals surface area contributed by atoms with Crippen molar-refractivity contribution in [2.75, 3.05) is 0 Å². The van der Waals surface area contributed by atoms with E-state index < -0.39 is 0 Å². The lowest BCUT2D eigenvalue weighted by Gasteiger charge is -2.16. The normalized spacial score (nSPS) is 12.7. The number of hydrogen-bond acceptors (Lipinski definition) is 0. The summed E-state index contributed by atoms with van der Waals surface area (Å²) in [6.45, 7) is 8.63. The van der Waals surface area contributed by atoms with Crippen molar-refractivity contribution in [2.45, 2.75) is 136 Å². The summed E-state index contributed by atoms with van der Waals surface area (Å²) < 4.78 is 0. The topological polar surface area (TPSA) is 0 Å². The summed E-state index contributed by atoms with van der Waals surface area (Å²) in [6, 6.07) is 0. The Kier molecular flexibility index (Phi) is 20.0. The molecule has 0 amide bonds. The van der Waals surface area contributed by atoms with Crippen LogP contribution in [0.15, 0.2) is 0 Å². The molecule has 0 aromatic rings. The Balaban J connectivity index is 3.39. The highest BCUT2D eigenvalue weighted by atomic mass is 14.1. The van der Waals surface area contributed by atoms with E-state index in [1.807, 2.05) is 0 Å². The minimum atomic E-state index is 1.00. The molecular formula is C23H47. The van der Waals surface area contributed by atoms with Crippen LogP contribution in [0.3, 0.4) is 0 Å². The lowest BCUT2D eigenvalue weighted by Crippen LogP contribution is -2.01. The van der Waals surface area contributed by atoms with Gasteiger partial charge < -0.3 is 0 Å². The highest BCUT2D eigenvalue weighted by Gasteiger charge is 2.07. The largest absolute Gasteiger partial charge is 0.0654 e. The van der Waals surface area contributed by atoms with Gasteiger partial charge >= 0.3 is 0 Å². The molecule has 0 spiro atoms. The summed E-state index contributed by atoms with van der Waals surface area (Å²) in [5, 5.41) is 0. The van der Waals surface area contributed by atoms with Crippen LogP contribution < -0.4 is 0 Å². The summed E-state index contributed by atoms with van der Waals surface area (Å²) >= 11 is 0. The van der Waals surface area contributed by atoms with Crippen LogP contribution in [-0.2, 0) is 0 Å². The van der Waals surface area contributed by atoms with Crippen molar-refractivity contribution in [1.29, 1.82) is 0 Å². The molecule has 139 valence electrons. The zero-order valence-corrected chi connectivity index (χ0v) is 16.7. The Bertz CT molecular complexity index is 196. The third-order valence-electron chi connectivity index (χ3n) is 5.29. The van der Waals surface area contributed by atoms with E-state index in [0.717, 1.165) is 12.3 Å². The average molecular weight is 324 g/mol. The molecule has 0 saturated heterocycles. The summed E-state index contributed by atoms with van der Waals surface area (Å²) in [5.41, 5.74) is 0. The van der Waals surface area contributed by atoms with Crippen LogP contribution in [-0.4, -0.2) is 0 Å². The van der Waals surface area contributed by atoms with Gasteiger partial charge in [-0.3, -0.25) is 0 Å². The lowest BCUT2D eigenvalue weighted by atomic mass is 9.90. The third-order valence-corrected chi connectivity index (χ3v) is 5.29. The minimum Gasteiger partial charge on any atom is -0.0654 e. The van der Waals surface area contributed by atoms with E-state index >= 15 is 0 Å². The van der Waals surface area contributed by atoms with Crippen LogP contribution in [0.2, 0.25) is 0 Å². The predicted molar refractivity (Wildman–Crippen MR) is 108 cm³/mol. The van der Waals surface area contributed by atoms with Gasteiger partial charge in [0.2, 0.25) is 0 Å². The van der Waals surface area contributed by atoms with Crippen molar-refractivity contribution in [3.8, 4) is 0 Å². The Morgan fingerprint density at radius 1 is 0.478 bits per heavy atom. The molecule has 0 heterocycles. The molecule has 0 rings (SSSR count). The molecule has 23 heavy (non-hydrogen) atoms. The number of unbranched alkanes of at least 4 members (excludes halogenated alkanes) is 13. The molecule has 0 bridgehead atoms. The predicted octanol–water partition coefficient (Wildman–Crippen LogP) is 8.89. The highest BCUT2D eigenvalue weighted by molar-refractivity contribution is 4.62. The Morgan fingerprint density at radius 2 is 0.826 bits per heavy atom. The molecule has 0 N–H and O–H groups in total. The maximum atomic E-state index is 4.02. The van der Waals surface area contributed by atoms with Crippen molar-refractivity contribution in [3.63, 3.8) is 0 Å². The van der Waals surface area contributed by atoms with Gasteiger partial charge in [-0.05, 0) is 5.92 Å². The van der Waals surface area contributed by atoms with E-state index in [0.29, 0.717) is 0 Å². The van der Waals surface area contributed by atoms with Gasteiger partial charge in [-0.1, -0.05) is 143 Å². The van der Waals surface area contributed by atoms with Gasteiger partial charge in [-0.2, -0.15) is 0 Å². The quantitative estimate of drug-likeness (QED) is 0.208. The minimum absolute atomic E-state index is 1.00. The first-order valence-electron chi connectivity index (χ1n) is 11.1. The second-order valence-electron chi connectivity index (χ2n) is 7.68. The molecule has 1 unspecified atom stereocenters. The van der Waals surface area contributed by atoms with Crippen LogP contribution in [0.25, 0.3) is 0 Å². The van der Waals surface area contributed by atoms with E-state index in [9.17, 15) is 0 Å². The third kappa shape index (κ3) is 18.2. The van der Waals surface area contributed by atoms with Gasteiger partial charge in [-0.15, -0.1) is 0 Å². The van der Waals surface area contributed by atoms with Crippen LogP contribution in [0.4, 0.5) is 0 Å². The van der Waals surface area contributed by atoms with E-state index in [4.69, 9.17) is 0 Å². The summed E-state index contributed by atoms with van der Waals surface area (Å²) in [6.07, 6.45) is 27.2. The van der Waals surface area contributed by atoms with Gasteiger partial charge in [0.15, 0.2) is 0 Å². The first-order chi connectivity index (χ1) is 11.3. The molecule has 0 aliphatic heterocycles. The zero-order valence-electron chi connectivity index (χ0n) is 16.7. The molecule has 0 fully saturated rings. The Morgan fingerprint density at radius 3 is 1.30 bits per heavy atom. The maximum Gasteiger partial charge on any atom is -0.0414 e. The van der Waals surface area contributed by atoms with Crippen molar-refractivity contribution < 1.29 is 0 Å². The van der Waals surface area contributed by atoms with Gasteiger partial charge in [0.05, 0.1) is 0 Å². The van der Waals surface area contributed by atoms with Gasteiger partial charge in [0.25, 0.3) is 0 Å². The van der Waals surface area contributed by atoms with Gasteiger partial charge in [0.1, 0.15) is 0 Å². The molecule has 0 aliphatic carbocycles. The van der Waals surface area contributed by atoms with Crippen LogP contribution in [0.1, 0.15) is 136 Å². The number of rotatable bonds is 19. The van der Waals surface area contributed by atoms with E-state index in [1.165, 1.54) is 116 Å². The maximum absolute atomic E-state index is 4.02. The SMILES string of the molecule is [CH2]CCCC(CCCCC)CCCCCCCCCCCCC. The fourth-order valence-electron chi connectivity index (χ4n) is 3.65. The molecule has 0 aromatic carbocycles.